The zero-order chi connectivity index (χ0) is 12.4. The van der Waals surface area contributed by atoms with Gasteiger partial charge in [0, 0.05) is 11.8 Å². The Morgan fingerprint density at radius 2 is 2.00 bits per heavy atom. The summed E-state index contributed by atoms with van der Waals surface area (Å²) >= 11 is 4.81. The van der Waals surface area contributed by atoms with Crippen molar-refractivity contribution in [3.8, 4) is 0 Å². The van der Waals surface area contributed by atoms with Crippen LogP contribution in [0.15, 0.2) is 18.3 Å². The molecule has 1 saturated heterocycles. The summed E-state index contributed by atoms with van der Waals surface area (Å²) in [6.45, 7) is 0.232. The summed E-state index contributed by atoms with van der Waals surface area (Å²) in [5.41, 5.74) is 6.10. The third kappa shape index (κ3) is 2.56. The Labute approximate surface area is 103 Å². The first-order valence-electron chi connectivity index (χ1n) is 4.90. The second-order valence-corrected chi connectivity index (χ2v) is 4.04. The number of piperazine rings is 1. The lowest BCUT2D eigenvalue weighted by atomic mass is 10.2. The van der Waals surface area contributed by atoms with Crippen LogP contribution in [0.2, 0.25) is 0 Å². The second kappa shape index (κ2) is 4.46. The predicted molar refractivity (Wildman–Crippen MR) is 65.5 cm³/mol. The molecule has 6 nitrogen and oxygen atoms in total. The molecule has 0 aliphatic carbocycles. The number of hydrogen-bond donors (Lipinski definition) is 2. The van der Waals surface area contributed by atoms with Gasteiger partial charge in [0.1, 0.15) is 10.8 Å². The highest BCUT2D eigenvalue weighted by Crippen LogP contribution is 2.12. The molecule has 7 heteroatoms. The average molecular weight is 250 g/mol. The van der Waals surface area contributed by atoms with Gasteiger partial charge in [-0.2, -0.15) is 0 Å². The summed E-state index contributed by atoms with van der Waals surface area (Å²) in [6, 6.07) is 3.39. The molecule has 0 radical (unpaired) electrons. The van der Waals surface area contributed by atoms with Gasteiger partial charge in [0.15, 0.2) is 0 Å². The van der Waals surface area contributed by atoms with Crippen molar-refractivity contribution in [2.24, 2.45) is 5.73 Å². The Kier molecular flexibility index (Phi) is 3.01. The summed E-state index contributed by atoms with van der Waals surface area (Å²) in [5.74, 6) is -0.115. The highest BCUT2D eigenvalue weighted by molar-refractivity contribution is 7.80. The molecule has 1 aromatic heterocycles. The monoisotopic (exact) mass is 250 g/mol. The molecular weight excluding hydrogens is 240 g/mol. The number of pyridine rings is 1. The lowest BCUT2D eigenvalue weighted by Crippen LogP contribution is -2.51. The summed E-state index contributed by atoms with van der Waals surface area (Å²) in [7, 11) is 0. The number of nitrogens with one attached hydrogen (secondary N) is 1. The topological polar surface area (TPSA) is 88.3 Å². The molecule has 2 rings (SSSR count). The fraction of sp³-hybridized carbons (Fsp3) is 0.200. The molecule has 0 spiro atoms. The number of anilines is 1. The number of rotatable bonds is 2. The summed E-state index contributed by atoms with van der Waals surface area (Å²) in [6.07, 6.45) is 1.52. The molecule has 17 heavy (non-hydrogen) atoms. The van der Waals surface area contributed by atoms with E-state index < -0.39 is 0 Å². The highest BCUT2D eigenvalue weighted by Gasteiger charge is 2.23. The van der Waals surface area contributed by atoms with Crippen molar-refractivity contribution in [2.45, 2.75) is 0 Å². The Hall–Kier alpha value is -2.02. The molecule has 1 aliphatic rings. The lowest BCUT2D eigenvalue weighted by molar-refractivity contribution is -0.130. The zero-order valence-corrected chi connectivity index (χ0v) is 9.66. The van der Waals surface area contributed by atoms with Crippen LogP contribution in [-0.2, 0) is 9.59 Å². The SMILES string of the molecule is NC(=S)c1ccc(N2CC(=O)NC(=O)C2)nc1. The van der Waals surface area contributed by atoms with Gasteiger partial charge in [-0.05, 0) is 12.1 Å². The molecule has 88 valence electrons. The van der Waals surface area contributed by atoms with Crippen LogP contribution in [0.4, 0.5) is 5.82 Å². The van der Waals surface area contributed by atoms with Gasteiger partial charge in [-0.1, -0.05) is 12.2 Å². The van der Waals surface area contributed by atoms with E-state index in [0.29, 0.717) is 11.4 Å². The fourth-order valence-corrected chi connectivity index (χ4v) is 1.64. The smallest absolute Gasteiger partial charge is 0.246 e. The third-order valence-corrected chi connectivity index (χ3v) is 2.54. The molecule has 3 N–H and O–H groups in total. The molecule has 2 amide bonds. The molecule has 1 aromatic rings. The number of nitrogens with two attached hydrogens (primary N) is 1. The van der Waals surface area contributed by atoms with Crippen molar-refractivity contribution < 1.29 is 9.59 Å². The van der Waals surface area contributed by atoms with E-state index in [9.17, 15) is 9.59 Å². The van der Waals surface area contributed by atoms with Gasteiger partial charge in [0.25, 0.3) is 0 Å². The Morgan fingerprint density at radius 3 is 2.47 bits per heavy atom. The van der Waals surface area contributed by atoms with Crippen molar-refractivity contribution in [1.82, 2.24) is 10.3 Å². The van der Waals surface area contributed by atoms with Gasteiger partial charge in [0.05, 0.1) is 13.1 Å². The quantitative estimate of drug-likeness (QED) is 0.526. The number of nitrogens with zero attached hydrogens (tertiary/aromatic N) is 2. The summed E-state index contributed by atoms with van der Waals surface area (Å²) in [5, 5.41) is 2.22. The van der Waals surface area contributed by atoms with Crippen LogP contribution >= 0.6 is 12.2 Å². The van der Waals surface area contributed by atoms with Crippen molar-refractivity contribution in [1.29, 1.82) is 0 Å². The van der Waals surface area contributed by atoms with Crippen LogP contribution in [0.1, 0.15) is 5.56 Å². The molecule has 0 aromatic carbocycles. The first kappa shape index (κ1) is 11.5. The van der Waals surface area contributed by atoms with E-state index in [1.165, 1.54) is 6.20 Å². The van der Waals surface area contributed by atoms with Crippen molar-refractivity contribution in [3.63, 3.8) is 0 Å². The lowest BCUT2D eigenvalue weighted by Gasteiger charge is -2.26. The average Bonchev–Trinajstić information content (AvgIpc) is 2.28. The summed E-state index contributed by atoms with van der Waals surface area (Å²) < 4.78 is 0. The number of thiocarbonyl (C=S) groups is 1. The largest absolute Gasteiger partial charge is 0.389 e. The molecule has 0 saturated carbocycles. The Bertz CT molecular complexity index is 470. The molecule has 0 atom stereocenters. The minimum Gasteiger partial charge on any atom is -0.389 e. The van der Waals surface area contributed by atoms with Gasteiger partial charge >= 0.3 is 0 Å². The van der Waals surface area contributed by atoms with E-state index >= 15 is 0 Å². The van der Waals surface area contributed by atoms with E-state index in [2.05, 4.69) is 10.3 Å². The van der Waals surface area contributed by atoms with Crippen LogP contribution in [0.3, 0.4) is 0 Å². The number of imide groups is 1. The van der Waals surface area contributed by atoms with Gasteiger partial charge < -0.3 is 10.6 Å². The van der Waals surface area contributed by atoms with E-state index in [0.717, 1.165) is 0 Å². The number of carbonyl (C=O) groups is 2. The van der Waals surface area contributed by atoms with Crippen LogP contribution in [-0.4, -0.2) is 34.9 Å². The van der Waals surface area contributed by atoms with Crippen molar-refractivity contribution >= 4 is 34.8 Å². The van der Waals surface area contributed by atoms with Gasteiger partial charge in [0.2, 0.25) is 11.8 Å². The van der Waals surface area contributed by atoms with E-state index in [1.54, 1.807) is 17.0 Å². The number of aromatic nitrogens is 1. The van der Waals surface area contributed by atoms with Gasteiger partial charge in [-0.3, -0.25) is 14.9 Å². The summed E-state index contributed by atoms with van der Waals surface area (Å²) in [4.78, 5) is 28.3. The highest BCUT2D eigenvalue weighted by atomic mass is 32.1. The Morgan fingerprint density at radius 1 is 1.35 bits per heavy atom. The van der Waals surface area contributed by atoms with Crippen molar-refractivity contribution in [3.05, 3.63) is 23.9 Å². The predicted octanol–water partition coefficient (Wildman–Crippen LogP) is -0.821. The van der Waals surface area contributed by atoms with Crippen LogP contribution < -0.4 is 16.0 Å². The third-order valence-electron chi connectivity index (χ3n) is 2.30. The van der Waals surface area contributed by atoms with Crippen LogP contribution in [0, 0.1) is 0 Å². The first-order chi connectivity index (χ1) is 8.06. The molecule has 1 fully saturated rings. The maximum absolute atomic E-state index is 11.2. The van der Waals surface area contributed by atoms with Crippen molar-refractivity contribution in [2.75, 3.05) is 18.0 Å². The number of carbonyl (C=O) groups excluding carboxylic acids is 2. The molecule has 1 aliphatic heterocycles. The van der Waals surface area contributed by atoms with Crippen LogP contribution in [0.5, 0.6) is 0 Å². The first-order valence-corrected chi connectivity index (χ1v) is 5.30. The van der Waals surface area contributed by atoms with E-state index in [1.807, 2.05) is 0 Å². The maximum Gasteiger partial charge on any atom is 0.246 e. The maximum atomic E-state index is 11.2. The zero-order valence-electron chi connectivity index (χ0n) is 8.84. The molecule has 2 heterocycles. The minimum atomic E-state index is -0.332. The van der Waals surface area contributed by atoms with Crippen LogP contribution in [0.25, 0.3) is 0 Å². The standard InChI is InChI=1S/C10H10N4O2S/c11-10(17)6-1-2-7(12-3-6)14-4-8(15)13-9(16)5-14/h1-3H,4-5H2,(H2,11,17)(H,13,15,16). The molecular formula is C10H10N4O2S. The number of amides is 2. The van der Waals surface area contributed by atoms with E-state index in [-0.39, 0.29) is 29.9 Å². The fourth-order valence-electron chi connectivity index (χ4n) is 1.52. The Balaban J connectivity index is 2.19. The second-order valence-electron chi connectivity index (χ2n) is 3.60. The molecule has 0 bridgehead atoms. The van der Waals surface area contributed by atoms with Gasteiger partial charge in [-0.25, -0.2) is 4.98 Å². The van der Waals surface area contributed by atoms with E-state index in [4.69, 9.17) is 18.0 Å². The molecule has 0 unspecified atom stereocenters. The minimum absolute atomic E-state index is 0.116. The van der Waals surface area contributed by atoms with Gasteiger partial charge in [-0.15, -0.1) is 0 Å². The number of hydrogen-bond acceptors (Lipinski definition) is 5. The normalized spacial score (nSPS) is 15.6.